The van der Waals surface area contributed by atoms with Gasteiger partial charge in [-0.2, -0.15) is 5.10 Å². The van der Waals surface area contributed by atoms with Crippen LogP contribution in [0, 0.1) is 5.92 Å². The van der Waals surface area contributed by atoms with Crippen molar-refractivity contribution in [1.82, 2.24) is 15.1 Å². The Morgan fingerprint density at radius 2 is 1.85 bits per heavy atom. The Bertz CT molecular complexity index is 749. The zero-order valence-corrected chi connectivity index (χ0v) is 15.8. The van der Waals surface area contributed by atoms with E-state index >= 15 is 0 Å². The van der Waals surface area contributed by atoms with Crippen LogP contribution < -0.4 is 0 Å². The highest BCUT2D eigenvalue weighted by Crippen LogP contribution is 2.35. The van der Waals surface area contributed by atoms with Crippen LogP contribution in [0.4, 0.5) is 0 Å². The molecule has 1 N–H and O–H groups in total. The first-order valence-corrected chi connectivity index (χ1v) is 10.2. The Kier molecular flexibility index (Phi) is 5.30. The molecule has 1 aliphatic carbocycles. The van der Waals surface area contributed by atoms with Crippen molar-refractivity contribution in [3.05, 3.63) is 41.2 Å². The van der Waals surface area contributed by atoms with E-state index in [0.29, 0.717) is 11.8 Å². The quantitative estimate of drug-likeness (QED) is 0.823. The average Bonchev–Trinajstić information content (AvgIpc) is 3.19. The maximum Gasteiger partial charge on any atom is 0.225 e. The van der Waals surface area contributed by atoms with Gasteiger partial charge in [0.25, 0.3) is 0 Å². The van der Waals surface area contributed by atoms with E-state index in [9.17, 15) is 4.79 Å². The van der Waals surface area contributed by atoms with Gasteiger partial charge in [-0.1, -0.05) is 43.0 Å². The number of H-pyrrole nitrogens is 1. The number of piperidine rings is 1. The summed E-state index contributed by atoms with van der Waals surface area (Å²) in [6.07, 6.45) is 9.87. The molecule has 2 fully saturated rings. The molecule has 1 aliphatic heterocycles. The van der Waals surface area contributed by atoms with Crippen molar-refractivity contribution in [3.63, 3.8) is 0 Å². The van der Waals surface area contributed by atoms with Gasteiger partial charge in [-0.25, -0.2) is 0 Å². The highest BCUT2D eigenvalue weighted by Gasteiger charge is 2.31. The number of nitrogens with one attached hydrogen (secondary N) is 1. The normalized spacial score (nSPS) is 21.7. The number of hydrogen-bond donors (Lipinski definition) is 1. The number of hydrogen-bond acceptors (Lipinski definition) is 2. The van der Waals surface area contributed by atoms with Gasteiger partial charge in [-0.05, 0) is 43.4 Å². The number of carbonyl (C=O) groups is 1. The minimum absolute atomic E-state index is 0.250. The molecule has 1 atom stereocenters. The van der Waals surface area contributed by atoms with E-state index in [4.69, 9.17) is 11.6 Å². The molecule has 1 aromatic heterocycles. The number of nitrogens with zero attached hydrogens (tertiary/aromatic N) is 2. The van der Waals surface area contributed by atoms with Crippen LogP contribution in [0.15, 0.2) is 30.5 Å². The van der Waals surface area contributed by atoms with Crippen molar-refractivity contribution in [2.24, 2.45) is 5.92 Å². The fourth-order valence-electron chi connectivity index (χ4n) is 4.49. The van der Waals surface area contributed by atoms with Gasteiger partial charge >= 0.3 is 0 Å². The standard InChI is InChI=1S/C21H26ClN3O/c22-18-10-8-15(9-11-18)19-13-23-24-20(19)17-7-4-12-25(14-17)21(26)16-5-2-1-3-6-16/h8-11,13,16-17H,1-7,12,14H2,(H,23,24). The first-order valence-electron chi connectivity index (χ1n) is 9.80. The lowest BCUT2D eigenvalue weighted by Gasteiger charge is -2.36. The number of amides is 1. The largest absolute Gasteiger partial charge is 0.342 e. The highest BCUT2D eigenvalue weighted by molar-refractivity contribution is 6.30. The van der Waals surface area contributed by atoms with E-state index in [1.165, 1.54) is 19.3 Å². The van der Waals surface area contributed by atoms with Crippen LogP contribution >= 0.6 is 11.6 Å². The second-order valence-electron chi connectivity index (χ2n) is 7.66. The fourth-order valence-corrected chi connectivity index (χ4v) is 4.61. The predicted molar refractivity (Wildman–Crippen MR) is 104 cm³/mol. The summed E-state index contributed by atoms with van der Waals surface area (Å²) in [4.78, 5) is 15.1. The lowest BCUT2D eigenvalue weighted by atomic mass is 9.86. The first kappa shape index (κ1) is 17.6. The number of carbonyl (C=O) groups excluding carboxylic acids is 1. The van der Waals surface area contributed by atoms with Gasteiger partial charge < -0.3 is 4.90 Å². The van der Waals surface area contributed by atoms with Crippen molar-refractivity contribution >= 4 is 17.5 Å². The summed E-state index contributed by atoms with van der Waals surface area (Å²) in [5, 5.41) is 8.24. The third kappa shape index (κ3) is 3.66. The lowest BCUT2D eigenvalue weighted by molar-refractivity contribution is -0.137. The molecular formula is C21H26ClN3O. The molecule has 26 heavy (non-hydrogen) atoms. The number of likely N-dealkylation sites (tertiary alicyclic amines) is 1. The highest BCUT2D eigenvalue weighted by atomic mass is 35.5. The number of halogens is 1. The number of aromatic amines is 1. The Labute approximate surface area is 159 Å². The van der Waals surface area contributed by atoms with E-state index < -0.39 is 0 Å². The van der Waals surface area contributed by atoms with Crippen LogP contribution in [-0.4, -0.2) is 34.1 Å². The fraction of sp³-hybridized carbons (Fsp3) is 0.524. The second-order valence-corrected chi connectivity index (χ2v) is 8.10. The van der Waals surface area contributed by atoms with Gasteiger partial charge in [0, 0.05) is 41.2 Å². The van der Waals surface area contributed by atoms with Crippen molar-refractivity contribution in [3.8, 4) is 11.1 Å². The molecule has 0 spiro atoms. The molecule has 1 amide bonds. The van der Waals surface area contributed by atoms with Crippen LogP contribution in [0.25, 0.3) is 11.1 Å². The molecule has 1 unspecified atom stereocenters. The number of aromatic nitrogens is 2. The Hall–Kier alpha value is -1.81. The molecule has 1 aromatic carbocycles. The Morgan fingerprint density at radius 3 is 2.62 bits per heavy atom. The molecular weight excluding hydrogens is 346 g/mol. The van der Waals surface area contributed by atoms with Crippen LogP contribution in [0.1, 0.15) is 56.6 Å². The predicted octanol–water partition coefficient (Wildman–Crippen LogP) is 5.02. The third-order valence-corrected chi connectivity index (χ3v) is 6.17. The molecule has 1 saturated carbocycles. The molecule has 138 valence electrons. The van der Waals surface area contributed by atoms with Gasteiger partial charge in [-0.3, -0.25) is 9.89 Å². The summed E-state index contributed by atoms with van der Waals surface area (Å²) >= 11 is 6.02. The van der Waals surface area contributed by atoms with Crippen LogP contribution in [0.3, 0.4) is 0 Å². The number of rotatable bonds is 3. The lowest BCUT2D eigenvalue weighted by Crippen LogP contribution is -2.43. The van der Waals surface area contributed by atoms with E-state index in [1.807, 2.05) is 30.5 Å². The van der Waals surface area contributed by atoms with Crippen molar-refractivity contribution in [2.45, 2.75) is 50.9 Å². The monoisotopic (exact) mass is 371 g/mol. The summed E-state index contributed by atoms with van der Waals surface area (Å²) in [6, 6.07) is 7.88. The molecule has 2 aliphatic rings. The molecule has 0 bridgehead atoms. The van der Waals surface area contributed by atoms with Gasteiger partial charge in [-0.15, -0.1) is 0 Å². The summed E-state index contributed by atoms with van der Waals surface area (Å²) in [6.45, 7) is 1.70. The van der Waals surface area contributed by atoms with Crippen molar-refractivity contribution in [1.29, 1.82) is 0 Å². The van der Waals surface area contributed by atoms with Crippen LogP contribution in [0.2, 0.25) is 5.02 Å². The third-order valence-electron chi connectivity index (χ3n) is 5.92. The topological polar surface area (TPSA) is 49.0 Å². The molecule has 5 heteroatoms. The summed E-state index contributed by atoms with van der Waals surface area (Å²) < 4.78 is 0. The zero-order chi connectivity index (χ0) is 17.9. The van der Waals surface area contributed by atoms with Gasteiger partial charge in [0.2, 0.25) is 5.91 Å². The van der Waals surface area contributed by atoms with Crippen molar-refractivity contribution < 1.29 is 4.79 Å². The smallest absolute Gasteiger partial charge is 0.225 e. The SMILES string of the molecule is O=C(C1CCCCC1)N1CCCC(c2[nH]ncc2-c2ccc(Cl)cc2)C1. The molecule has 2 heterocycles. The average molecular weight is 372 g/mol. The molecule has 2 aromatic rings. The van der Waals surface area contributed by atoms with Crippen LogP contribution in [-0.2, 0) is 4.79 Å². The van der Waals surface area contributed by atoms with Gasteiger partial charge in [0.1, 0.15) is 0 Å². The van der Waals surface area contributed by atoms with E-state index in [2.05, 4.69) is 15.1 Å². The maximum absolute atomic E-state index is 12.9. The second kappa shape index (κ2) is 7.83. The summed E-state index contributed by atoms with van der Waals surface area (Å²) in [5.74, 6) is 0.950. The Balaban J connectivity index is 1.51. The molecule has 4 nitrogen and oxygen atoms in total. The zero-order valence-electron chi connectivity index (χ0n) is 15.1. The van der Waals surface area contributed by atoms with E-state index in [1.54, 1.807) is 0 Å². The van der Waals surface area contributed by atoms with E-state index in [-0.39, 0.29) is 5.92 Å². The minimum Gasteiger partial charge on any atom is -0.342 e. The van der Waals surface area contributed by atoms with Crippen LogP contribution in [0.5, 0.6) is 0 Å². The minimum atomic E-state index is 0.250. The summed E-state index contributed by atoms with van der Waals surface area (Å²) in [7, 11) is 0. The van der Waals surface area contributed by atoms with E-state index in [0.717, 1.165) is 60.6 Å². The molecule has 1 saturated heterocycles. The number of benzene rings is 1. The van der Waals surface area contributed by atoms with Gasteiger partial charge in [0.05, 0.1) is 6.20 Å². The molecule has 0 radical (unpaired) electrons. The first-order chi connectivity index (χ1) is 12.7. The molecule has 4 rings (SSSR count). The van der Waals surface area contributed by atoms with Crippen molar-refractivity contribution in [2.75, 3.05) is 13.1 Å². The van der Waals surface area contributed by atoms with Gasteiger partial charge in [0.15, 0.2) is 0 Å². The Morgan fingerprint density at radius 1 is 1.08 bits per heavy atom. The maximum atomic E-state index is 12.9. The summed E-state index contributed by atoms with van der Waals surface area (Å²) in [5.41, 5.74) is 3.39.